The summed E-state index contributed by atoms with van der Waals surface area (Å²) in [6.07, 6.45) is 0. The summed E-state index contributed by atoms with van der Waals surface area (Å²) in [4.78, 5) is 10.0. The molecule has 3 heteroatoms. The van der Waals surface area contributed by atoms with E-state index in [1.165, 1.54) is 11.1 Å². The molecule has 8 aromatic rings. The summed E-state index contributed by atoms with van der Waals surface area (Å²) in [5, 5.41) is 2.27. The third-order valence-corrected chi connectivity index (χ3v) is 7.94. The van der Waals surface area contributed by atoms with Gasteiger partial charge < -0.3 is 4.42 Å². The van der Waals surface area contributed by atoms with Gasteiger partial charge in [0.25, 0.3) is 0 Å². The van der Waals surface area contributed by atoms with Crippen molar-refractivity contribution in [2.24, 2.45) is 0 Å². The average Bonchev–Trinajstić information content (AvgIpc) is 3.47. The normalized spacial score (nSPS) is 11.3. The Morgan fingerprint density at radius 3 is 1.49 bits per heavy atom. The Morgan fingerprint density at radius 1 is 0.326 bits per heavy atom. The van der Waals surface area contributed by atoms with Crippen LogP contribution in [0.3, 0.4) is 0 Å². The molecule has 0 atom stereocenters. The predicted molar refractivity (Wildman–Crippen MR) is 176 cm³/mol. The first-order chi connectivity index (χ1) is 21.3. The molecular formula is C40H26N2O. The van der Waals surface area contributed by atoms with E-state index in [4.69, 9.17) is 14.4 Å². The predicted octanol–water partition coefficient (Wildman–Crippen LogP) is 10.7. The third-order valence-electron chi connectivity index (χ3n) is 7.94. The number of furan rings is 1. The second-order valence-electron chi connectivity index (χ2n) is 10.7. The fourth-order valence-electron chi connectivity index (χ4n) is 5.66. The van der Waals surface area contributed by atoms with Crippen LogP contribution in [-0.2, 0) is 0 Å². The Balaban J connectivity index is 1.17. The molecule has 0 aliphatic rings. The number of fused-ring (bicyclic) bond motifs is 3. The number of aromatic nitrogens is 2. The van der Waals surface area contributed by atoms with E-state index in [-0.39, 0.29) is 0 Å². The van der Waals surface area contributed by atoms with E-state index < -0.39 is 0 Å². The van der Waals surface area contributed by atoms with Gasteiger partial charge in [-0.15, -0.1) is 0 Å². The molecule has 0 bridgehead atoms. The lowest BCUT2D eigenvalue weighted by Gasteiger charge is -2.11. The summed E-state index contributed by atoms with van der Waals surface area (Å²) in [6, 6.07) is 54.4. The first-order valence-electron chi connectivity index (χ1n) is 14.4. The first kappa shape index (κ1) is 25.0. The van der Waals surface area contributed by atoms with Crippen molar-refractivity contribution in [3.8, 4) is 56.2 Å². The van der Waals surface area contributed by atoms with Crippen LogP contribution >= 0.6 is 0 Å². The molecule has 3 nitrogen and oxygen atoms in total. The lowest BCUT2D eigenvalue weighted by Crippen LogP contribution is -1.96. The van der Waals surface area contributed by atoms with E-state index in [0.29, 0.717) is 5.82 Å². The number of benzene rings is 6. The van der Waals surface area contributed by atoms with Gasteiger partial charge in [-0.3, -0.25) is 0 Å². The smallest absolute Gasteiger partial charge is 0.160 e. The molecular weight excluding hydrogens is 524 g/mol. The molecule has 6 aromatic carbocycles. The van der Waals surface area contributed by atoms with Crippen molar-refractivity contribution in [3.05, 3.63) is 158 Å². The van der Waals surface area contributed by atoms with Crippen LogP contribution < -0.4 is 0 Å². The van der Waals surface area contributed by atoms with Crippen molar-refractivity contribution in [2.45, 2.75) is 0 Å². The van der Waals surface area contributed by atoms with Gasteiger partial charge in [-0.2, -0.15) is 0 Å². The molecule has 0 N–H and O–H groups in total. The van der Waals surface area contributed by atoms with E-state index >= 15 is 0 Å². The van der Waals surface area contributed by atoms with Gasteiger partial charge >= 0.3 is 0 Å². The zero-order valence-corrected chi connectivity index (χ0v) is 23.3. The lowest BCUT2D eigenvalue weighted by atomic mass is 10.0. The van der Waals surface area contributed by atoms with E-state index in [2.05, 4.69) is 115 Å². The molecule has 0 saturated heterocycles. The molecule has 0 unspecified atom stereocenters. The molecule has 0 radical (unpaired) electrons. The minimum absolute atomic E-state index is 0.697. The Hall–Kier alpha value is -5.80. The summed E-state index contributed by atoms with van der Waals surface area (Å²) in [6.45, 7) is 0. The zero-order valence-electron chi connectivity index (χ0n) is 23.3. The minimum atomic E-state index is 0.697. The van der Waals surface area contributed by atoms with Gasteiger partial charge in [-0.05, 0) is 46.5 Å². The maximum Gasteiger partial charge on any atom is 0.160 e. The molecule has 2 aromatic heterocycles. The molecule has 0 aliphatic heterocycles. The van der Waals surface area contributed by atoms with Gasteiger partial charge in [0.05, 0.1) is 11.4 Å². The second kappa shape index (κ2) is 10.6. The highest BCUT2D eigenvalue weighted by Gasteiger charge is 2.12. The maximum atomic E-state index is 6.13. The number of nitrogens with zero attached hydrogens (tertiary/aromatic N) is 2. The Labute approximate surface area is 249 Å². The van der Waals surface area contributed by atoms with Gasteiger partial charge in [-0.1, -0.05) is 133 Å². The van der Waals surface area contributed by atoms with Crippen molar-refractivity contribution in [3.63, 3.8) is 0 Å². The monoisotopic (exact) mass is 550 g/mol. The Kier molecular flexibility index (Phi) is 6.12. The van der Waals surface area contributed by atoms with Gasteiger partial charge in [0.15, 0.2) is 5.82 Å². The topological polar surface area (TPSA) is 38.9 Å². The number of para-hydroxylation sites is 1. The average molecular weight is 551 g/mol. The van der Waals surface area contributed by atoms with Crippen molar-refractivity contribution in [2.75, 3.05) is 0 Å². The highest BCUT2D eigenvalue weighted by atomic mass is 16.3. The van der Waals surface area contributed by atoms with Crippen LogP contribution in [-0.4, -0.2) is 9.97 Å². The van der Waals surface area contributed by atoms with Crippen LogP contribution in [0.5, 0.6) is 0 Å². The van der Waals surface area contributed by atoms with E-state index in [1.807, 2.05) is 42.5 Å². The first-order valence-corrected chi connectivity index (χ1v) is 14.4. The number of hydrogen-bond donors (Lipinski definition) is 0. The molecule has 0 amide bonds. The Bertz CT molecular complexity index is 2200. The molecule has 0 fully saturated rings. The van der Waals surface area contributed by atoms with Crippen molar-refractivity contribution in [1.29, 1.82) is 0 Å². The van der Waals surface area contributed by atoms with E-state index in [0.717, 1.165) is 61.1 Å². The summed E-state index contributed by atoms with van der Waals surface area (Å²) in [5.41, 5.74) is 11.3. The largest absolute Gasteiger partial charge is 0.456 e. The second-order valence-corrected chi connectivity index (χ2v) is 10.7. The summed E-state index contributed by atoms with van der Waals surface area (Å²) in [5.74, 6) is 0.697. The molecule has 202 valence electrons. The van der Waals surface area contributed by atoms with E-state index in [1.54, 1.807) is 0 Å². The molecule has 0 saturated carbocycles. The van der Waals surface area contributed by atoms with Gasteiger partial charge in [-0.25, -0.2) is 9.97 Å². The van der Waals surface area contributed by atoms with E-state index in [9.17, 15) is 0 Å². The summed E-state index contributed by atoms with van der Waals surface area (Å²) >= 11 is 0. The van der Waals surface area contributed by atoms with Gasteiger partial charge in [0.1, 0.15) is 11.2 Å². The fraction of sp³-hybridized carbons (Fsp3) is 0. The van der Waals surface area contributed by atoms with Crippen LogP contribution in [0.15, 0.2) is 162 Å². The summed E-state index contributed by atoms with van der Waals surface area (Å²) < 4.78 is 6.13. The third kappa shape index (κ3) is 4.77. The highest BCUT2D eigenvalue weighted by Crippen LogP contribution is 2.34. The number of rotatable bonds is 5. The van der Waals surface area contributed by atoms with Gasteiger partial charge in [0, 0.05) is 27.5 Å². The van der Waals surface area contributed by atoms with Gasteiger partial charge in [0.2, 0.25) is 0 Å². The molecule has 2 heterocycles. The fourth-order valence-corrected chi connectivity index (χ4v) is 5.66. The quantitative estimate of drug-likeness (QED) is 0.214. The standard InChI is InChI=1S/C40H26N2O/c1-3-9-27(10-4-1)28-15-19-31(20-16-28)37-26-36(30-11-5-2-6-12-30)41-40(42-37)32-21-17-29(18-22-32)33-23-24-35-34-13-7-8-14-38(34)43-39(35)25-33/h1-26H. The van der Waals surface area contributed by atoms with Crippen LogP contribution in [0.1, 0.15) is 0 Å². The highest BCUT2D eigenvalue weighted by molar-refractivity contribution is 6.05. The van der Waals surface area contributed by atoms with Crippen molar-refractivity contribution in [1.82, 2.24) is 9.97 Å². The maximum absolute atomic E-state index is 6.13. The van der Waals surface area contributed by atoms with Crippen LogP contribution in [0.2, 0.25) is 0 Å². The molecule has 0 spiro atoms. The van der Waals surface area contributed by atoms with Crippen molar-refractivity contribution >= 4 is 21.9 Å². The molecule has 43 heavy (non-hydrogen) atoms. The van der Waals surface area contributed by atoms with Crippen LogP contribution in [0.25, 0.3) is 78.1 Å². The molecule has 8 rings (SSSR count). The zero-order chi connectivity index (χ0) is 28.6. The number of hydrogen-bond acceptors (Lipinski definition) is 3. The molecule has 0 aliphatic carbocycles. The minimum Gasteiger partial charge on any atom is -0.456 e. The van der Waals surface area contributed by atoms with Crippen molar-refractivity contribution < 1.29 is 4.42 Å². The SMILES string of the molecule is c1ccc(-c2ccc(-c3cc(-c4ccccc4)nc(-c4ccc(-c5ccc6c(c5)oc5ccccc56)cc4)n3)cc2)cc1. The lowest BCUT2D eigenvalue weighted by molar-refractivity contribution is 0.669. The van der Waals surface area contributed by atoms with Crippen LogP contribution in [0, 0.1) is 0 Å². The summed E-state index contributed by atoms with van der Waals surface area (Å²) in [7, 11) is 0. The van der Waals surface area contributed by atoms with Crippen LogP contribution in [0.4, 0.5) is 0 Å². The Morgan fingerprint density at radius 2 is 0.791 bits per heavy atom.